The molecule has 0 bridgehead atoms. The van der Waals surface area contributed by atoms with Gasteiger partial charge in [-0.3, -0.25) is 0 Å². The molecule has 0 unspecified atom stereocenters. The third kappa shape index (κ3) is 7.33. The van der Waals surface area contributed by atoms with E-state index in [1.54, 1.807) is 106 Å². The maximum Gasteiger partial charge on any atom is 0.344 e. The summed E-state index contributed by atoms with van der Waals surface area (Å²) in [5, 5.41) is 0. The Labute approximate surface area is 255 Å². The molecule has 0 fully saturated rings. The van der Waals surface area contributed by atoms with Gasteiger partial charge in [0.15, 0.2) is 6.61 Å². The molecule has 0 spiro atoms. The molecule has 0 heterocycles. The van der Waals surface area contributed by atoms with E-state index in [1.807, 2.05) is 6.92 Å². The Bertz CT molecular complexity index is 1610. The van der Waals surface area contributed by atoms with Gasteiger partial charge in [0.05, 0.1) is 28.9 Å². The summed E-state index contributed by atoms with van der Waals surface area (Å²) in [6.07, 6.45) is 0. The van der Waals surface area contributed by atoms with Gasteiger partial charge in [0.1, 0.15) is 22.8 Å². The van der Waals surface area contributed by atoms with Gasteiger partial charge in [-0.2, -0.15) is 8.42 Å². The zero-order valence-electron chi connectivity index (χ0n) is 25.0. The fraction of sp³-hybridized carbons (Fsp3) is 0.242. The number of methoxy groups -OCH3 is 2. The number of para-hydroxylation sites is 2. The fourth-order valence-corrected chi connectivity index (χ4v) is 9.75. The number of benzene rings is 4. The molecule has 0 atom stereocenters. The molecule has 0 N–H and O–H groups in total. The minimum atomic E-state index is -4.34. The number of aryl methyl sites for hydroxylation is 1. The van der Waals surface area contributed by atoms with Gasteiger partial charge < -0.3 is 18.9 Å². The lowest BCUT2D eigenvalue weighted by molar-refractivity contribution is -0.157. The van der Waals surface area contributed by atoms with Crippen LogP contribution < -0.4 is 14.2 Å². The van der Waals surface area contributed by atoms with Crippen LogP contribution in [0.25, 0.3) is 0 Å². The first kappa shape index (κ1) is 31.9. The molecule has 8 nitrogen and oxygen atoms in total. The predicted octanol–water partition coefficient (Wildman–Crippen LogP) is 7.33. The van der Waals surface area contributed by atoms with E-state index in [4.69, 9.17) is 22.6 Å². The number of esters is 1. The SMILES string of the molecule is COc1ccccc1S(OS(=O)(=O)c1ccc(C)cc1)(c1ccc(OCC(=O)OC(C)(C)C)cc1)c1ccccc1OC. The Hall–Kier alpha value is -3.99. The Balaban J connectivity index is 1.92. The molecule has 10 heteroatoms. The highest BCUT2D eigenvalue weighted by molar-refractivity contribution is 8.33. The van der Waals surface area contributed by atoms with Crippen LogP contribution in [0.5, 0.6) is 17.2 Å². The van der Waals surface area contributed by atoms with E-state index in [9.17, 15) is 13.2 Å². The van der Waals surface area contributed by atoms with E-state index in [2.05, 4.69) is 0 Å². The van der Waals surface area contributed by atoms with Gasteiger partial charge >= 0.3 is 16.1 Å². The smallest absolute Gasteiger partial charge is 0.344 e. The summed E-state index contributed by atoms with van der Waals surface area (Å²) in [5.41, 5.74) is 0.269. The molecule has 0 aliphatic heterocycles. The monoisotopic (exact) mass is 624 g/mol. The summed E-state index contributed by atoms with van der Waals surface area (Å²) < 4.78 is 57.2. The first-order valence-corrected chi connectivity index (χ1v) is 16.4. The largest absolute Gasteiger partial charge is 0.496 e. The third-order valence-electron chi connectivity index (χ3n) is 6.19. The van der Waals surface area contributed by atoms with Crippen molar-refractivity contribution in [2.75, 3.05) is 20.8 Å². The van der Waals surface area contributed by atoms with Gasteiger partial charge in [0.2, 0.25) is 0 Å². The molecule has 4 aromatic rings. The molecule has 0 saturated heterocycles. The Morgan fingerprint density at radius 3 is 1.67 bits per heavy atom. The third-order valence-corrected chi connectivity index (χ3v) is 11.4. The average molecular weight is 625 g/mol. The van der Waals surface area contributed by atoms with Crippen molar-refractivity contribution < 1.29 is 35.8 Å². The zero-order chi connectivity index (χ0) is 31.3. The van der Waals surface area contributed by atoms with Crippen LogP contribution in [0.1, 0.15) is 26.3 Å². The van der Waals surface area contributed by atoms with Crippen LogP contribution in [-0.4, -0.2) is 40.8 Å². The normalized spacial score (nSPS) is 12.3. The van der Waals surface area contributed by atoms with Gasteiger partial charge in [0.25, 0.3) is 0 Å². The van der Waals surface area contributed by atoms with Gasteiger partial charge in [-0.25, -0.2) is 8.42 Å². The second kappa shape index (κ2) is 13.1. The zero-order valence-corrected chi connectivity index (χ0v) is 26.7. The molecule has 0 radical (unpaired) electrons. The molecule has 0 amide bonds. The first-order valence-electron chi connectivity index (χ1n) is 13.5. The number of carbonyl (C=O) groups is 1. The number of rotatable bonds is 11. The molecule has 0 saturated carbocycles. The van der Waals surface area contributed by atoms with E-state index in [0.717, 1.165) is 5.56 Å². The molecular formula is C33H36O8S2. The van der Waals surface area contributed by atoms with Crippen molar-refractivity contribution in [3.63, 3.8) is 0 Å². The predicted molar refractivity (Wildman–Crippen MR) is 166 cm³/mol. The van der Waals surface area contributed by atoms with E-state index in [0.29, 0.717) is 31.9 Å². The van der Waals surface area contributed by atoms with Crippen LogP contribution in [0, 0.1) is 6.92 Å². The van der Waals surface area contributed by atoms with E-state index < -0.39 is 32.0 Å². The van der Waals surface area contributed by atoms with Crippen LogP contribution >= 0.6 is 10.3 Å². The highest BCUT2D eigenvalue weighted by atomic mass is 32.3. The summed E-state index contributed by atoms with van der Waals surface area (Å²) in [6, 6.07) is 27.6. The summed E-state index contributed by atoms with van der Waals surface area (Å²) in [6.45, 7) is 6.93. The van der Waals surface area contributed by atoms with Crippen molar-refractivity contribution >= 4 is 26.4 Å². The molecule has 4 aromatic carbocycles. The molecule has 0 aliphatic rings. The average Bonchev–Trinajstić information content (AvgIpc) is 2.98. The number of hydrogen-bond acceptors (Lipinski definition) is 8. The van der Waals surface area contributed by atoms with Gasteiger partial charge in [-0.1, -0.05) is 42.0 Å². The van der Waals surface area contributed by atoms with Crippen molar-refractivity contribution in [2.24, 2.45) is 0 Å². The van der Waals surface area contributed by atoms with Gasteiger partial charge in [-0.15, -0.1) is 0 Å². The second-order valence-corrected chi connectivity index (χ2v) is 14.9. The standard InChI is InChI=1S/C33H36O8S2/c1-24-15-19-27(20-16-24)43(35,36)41-42(30-13-9-7-11-28(30)37-5,31-14-10-8-12-29(31)38-6)26-21-17-25(18-22-26)39-23-32(34)40-33(2,3)4/h7-22H,23H2,1-6H3. The summed E-state index contributed by atoms with van der Waals surface area (Å²) >= 11 is 0. The van der Waals surface area contributed by atoms with Crippen LogP contribution in [-0.2, 0) is 23.3 Å². The summed E-state index contributed by atoms with van der Waals surface area (Å²) in [7, 11) is -4.39. The number of ether oxygens (including phenoxy) is 4. The fourth-order valence-electron chi connectivity index (χ4n) is 4.32. The molecule has 228 valence electrons. The van der Waals surface area contributed by atoms with Crippen molar-refractivity contribution in [1.29, 1.82) is 0 Å². The minimum Gasteiger partial charge on any atom is -0.496 e. The second-order valence-electron chi connectivity index (χ2n) is 10.5. The quantitative estimate of drug-likeness (QED) is 0.160. The summed E-state index contributed by atoms with van der Waals surface area (Å²) in [4.78, 5) is 13.8. The molecule has 43 heavy (non-hydrogen) atoms. The van der Waals surface area contributed by atoms with E-state index >= 15 is 0 Å². The van der Waals surface area contributed by atoms with Crippen molar-refractivity contribution in [3.8, 4) is 17.2 Å². The lowest BCUT2D eigenvalue weighted by Gasteiger charge is -2.40. The maximum absolute atomic E-state index is 14.1. The van der Waals surface area contributed by atoms with Crippen LogP contribution in [0.3, 0.4) is 0 Å². The van der Waals surface area contributed by atoms with Gasteiger partial charge in [0, 0.05) is 4.90 Å². The molecule has 0 aromatic heterocycles. The van der Waals surface area contributed by atoms with Crippen molar-refractivity contribution in [1.82, 2.24) is 0 Å². The van der Waals surface area contributed by atoms with Crippen LogP contribution in [0.15, 0.2) is 117 Å². The van der Waals surface area contributed by atoms with Gasteiger partial charge in [-0.05, 0) is 98.7 Å². The first-order chi connectivity index (χ1) is 20.4. The lowest BCUT2D eigenvalue weighted by Crippen LogP contribution is -2.27. The minimum absolute atomic E-state index is 0.0112. The lowest BCUT2D eigenvalue weighted by atomic mass is 10.2. The van der Waals surface area contributed by atoms with Crippen LogP contribution in [0.2, 0.25) is 0 Å². The van der Waals surface area contributed by atoms with Crippen LogP contribution in [0.4, 0.5) is 0 Å². The highest BCUT2D eigenvalue weighted by Gasteiger charge is 2.42. The molecule has 0 aliphatic carbocycles. The summed E-state index contributed by atoms with van der Waals surface area (Å²) in [5.74, 6) is 0.761. The van der Waals surface area contributed by atoms with Crippen molar-refractivity contribution in [2.45, 2.75) is 52.9 Å². The Morgan fingerprint density at radius 2 is 1.19 bits per heavy atom. The van der Waals surface area contributed by atoms with Crippen molar-refractivity contribution in [3.05, 3.63) is 103 Å². The molecule has 4 rings (SSSR count). The van der Waals surface area contributed by atoms with E-state index in [1.165, 1.54) is 26.4 Å². The highest BCUT2D eigenvalue weighted by Crippen LogP contribution is 2.74. The number of hydrogen-bond donors (Lipinski definition) is 0. The Kier molecular flexibility index (Phi) is 9.74. The maximum atomic E-state index is 14.1. The Morgan fingerprint density at radius 1 is 0.698 bits per heavy atom. The topological polar surface area (TPSA) is 97.4 Å². The van der Waals surface area contributed by atoms with E-state index in [-0.39, 0.29) is 11.5 Å². The number of carbonyl (C=O) groups excluding carboxylic acids is 1. The molecular weight excluding hydrogens is 588 g/mol.